The number of nitrogens with zero attached hydrogens (tertiary/aromatic N) is 1. The molecule has 0 aromatic heterocycles. The van der Waals surface area contributed by atoms with Gasteiger partial charge in [0, 0.05) is 18.8 Å². The first-order valence-electron chi connectivity index (χ1n) is 8.59. The third-order valence-electron chi connectivity index (χ3n) is 4.70. The Labute approximate surface area is 142 Å². The Morgan fingerprint density at radius 1 is 1.33 bits per heavy atom. The van der Waals surface area contributed by atoms with Gasteiger partial charge in [0.15, 0.2) is 0 Å². The number of amides is 2. The van der Waals surface area contributed by atoms with Gasteiger partial charge in [-0.2, -0.15) is 0 Å². The fourth-order valence-electron chi connectivity index (χ4n) is 3.28. The van der Waals surface area contributed by atoms with Crippen molar-refractivity contribution in [1.29, 1.82) is 0 Å². The summed E-state index contributed by atoms with van der Waals surface area (Å²) in [4.78, 5) is 27.0. The molecule has 24 heavy (non-hydrogen) atoms. The summed E-state index contributed by atoms with van der Waals surface area (Å²) in [6.45, 7) is 5.84. The Balaban J connectivity index is 1.66. The van der Waals surface area contributed by atoms with Crippen LogP contribution in [0.4, 0.5) is 5.69 Å². The SMILES string of the molecule is Cc1ccc(N2CCCC(NC(=O)[C@H]3NCCO[C@@H]3C)C2=O)cc1. The molecule has 2 heterocycles. The van der Waals surface area contributed by atoms with Crippen LogP contribution in [0.5, 0.6) is 0 Å². The Morgan fingerprint density at radius 2 is 2.08 bits per heavy atom. The predicted molar refractivity (Wildman–Crippen MR) is 91.9 cm³/mol. The summed E-state index contributed by atoms with van der Waals surface area (Å²) in [5, 5.41) is 6.07. The number of carbonyl (C=O) groups excluding carboxylic acids is 2. The minimum atomic E-state index is -0.469. The predicted octanol–water partition coefficient (Wildman–Crippen LogP) is 0.984. The maximum absolute atomic E-state index is 12.8. The van der Waals surface area contributed by atoms with Crippen molar-refractivity contribution in [2.75, 3.05) is 24.6 Å². The minimum absolute atomic E-state index is 0.0390. The summed E-state index contributed by atoms with van der Waals surface area (Å²) in [5.74, 6) is -0.200. The Bertz CT molecular complexity index is 602. The van der Waals surface area contributed by atoms with E-state index in [1.807, 2.05) is 38.1 Å². The van der Waals surface area contributed by atoms with Crippen molar-refractivity contribution in [3.8, 4) is 0 Å². The molecule has 130 valence electrons. The third-order valence-corrected chi connectivity index (χ3v) is 4.70. The monoisotopic (exact) mass is 331 g/mol. The molecule has 1 aromatic rings. The average molecular weight is 331 g/mol. The van der Waals surface area contributed by atoms with E-state index in [1.54, 1.807) is 4.90 Å². The summed E-state index contributed by atoms with van der Waals surface area (Å²) < 4.78 is 5.51. The molecule has 2 aliphatic heterocycles. The first-order valence-corrected chi connectivity index (χ1v) is 8.59. The Kier molecular flexibility index (Phi) is 5.16. The lowest BCUT2D eigenvalue weighted by molar-refractivity contribution is -0.133. The number of carbonyl (C=O) groups is 2. The molecule has 0 bridgehead atoms. The summed E-state index contributed by atoms with van der Waals surface area (Å²) in [6, 6.07) is 7.03. The smallest absolute Gasteiger partial charge is 0.249 e. The molecule has 0 saturated carbocycles. The largest absolute Gasteiger partial charge is 0.375 e. The lowest BCUT2D eigenvalue weighted by Crippen LogP contribution is -2.60. The number of anilines is 1. The highest BCUT2D eigenvalue weighted by Gasteiger charge is 2.34. The number of aryl methyl sites for hydroxylation is 1. The van der Waals surface area contributed by atoms with Crippen LogP contribution in [0.2, 0.25) is 0 Å². The summed E-state index contributed by atoms with van der Waals surface area (Å²) >= 11 is 0. The molecule has 3 rings (SSSR count). The van der Waals surface area contributed by atoms with E-state index in [9.17, 15) is 9.59 Å². The van der Waals surface area contributed by atoms with E-state index in [-0.39, 0.29) is 17.9 Å². The van der Waals surface area contributed by atoms with Crippen LogP contribution in [0, 0.1) is 6.92 Å². The van der Waals surface area contributed by atoms with E-state index in [4.69, 9.17) is 4.74 Å². The second-order valence-corrected chi connectivity index (χ2v) is 6.54. The van der Waals surface area contributed by atoms with Gasteiger partial charge in [0.05, 0.1) is 12.7 Å². The van der Waals surface area contributed by atoms with Crippen LogP contribution in [-0.2, 0) is 14.3 Å². The molecule has 0 aliphatic carbocycles. The topological polar surface area (TPSA) is 70.7 Å². The van der Waals surface area contributed by atoms with Crippen molar-refractivity contribution in [3.63, 3.8) is 0 Å². The van der Waals surface area contributed by atoms with Crippen LogP contribution < -0.4 is 15.5 Å². The number of hydrogen-bond donors (Lipinski definition) is 2. The highest BCUT2D eigenvalue weighted by molar-refractivity contribution is 6.00. The maximum atomic E-state index is 12.8. The van der Waals surface area contributed by atoms with E-state index in [2.05, 4.69) is 10.6 Å². The van der Waals surface area contributed by atoms with Crippen LogP contribution in [0.1, 0.15) is 25.3 Å². The van der Waals surface area contributed by atoms with Gasteiger partial charge in [0.25, 0.3) is 0 Å². The second-order valence-electron chi connectivity index (χ2n) is 6.54. The van der Waals surface area contributed by atoms with Gasteiger partial charge in [-0.1, -0.05) is 17.7 Å². The molecule has 2 aliphatic rings. The molecule has 3 atom stereocenters. The van der Waals surface area contributed by atoms with Crippen molar-refractivity contribution in [2.45, 2.75) is 44.9 Å². The van der Waals surface area contributed by atoms with Gasteiger partial charge in [-0.15, -0.1) is 0 Å². The molecule has 2 N–H and O–H groups in total. The first-order chi connectivity index (χ1) is 11.6. The third kappa shape index (κ3) is 3.60. The lowest BCUT2D eigenvalue weighted by Gasteiger charge is -2.35. The molecule has 2 amide bonds. The highest BCUT2D eigenvalue weighted by atomic mass is 16.5. The van der Waals surface area contributed by atoms with Crippen LogP contribution >= 0.6 is 0 Å². The standard InChI is InChI=1S/C18H25N3O3/c1-12-5-7-14(8-6-12)21-10-3-4-15(18(21)23)20-17(22)16-13(2)24-11-9-19-16/h5-8,13,15-16,19H,3-4,9-11H2,1-2H3,(H,20,22)/t13-,15?,16+/m1/s1. The van der Waals surface area contributed by atoms with Gasteiger partial charge >= 0.3 is 0 Å². The number of rotatable bonds is 3. The number of hydrogen-bond acceptors (Lipinski definition) is 4. The molecule has 2 saturated heterocycles. The Morgan fingerprint density at radius 3 is 2.79 bits per heavy atom. The number of benzene rings is 1. The van der Waals surface area contributed by atoms with Gasteiger partial charge in [0.2, 0.25) is 11.8 Å². The fourth-order valence-corrected chi connectivity index (χ4v) is 3.28. The molecule has 1 unspecified atom stereocenters. The van der Waals surface area contributed by atoms with Gasteiger partial charge in [-0.3, -0.25) is 9.59 Å². The summed E-state index contributed by atoms with van der Waals surface area (Å²) in [5.41, 5.74) is 2.04. The molecule has 6 heteroatoms. The van der Waals surface area contributed by atoms with Crippen LogP contribution in [-0.4, -0.2) is 49.7 Å². The molecule has 0 radical (unpaired) electrons. The zero-order valence-electron chi connectivity index (χ0n) is 14.2. The van der Waals surface area contributed by atoms with Gasteiger partial charge < -0.3 is 20.3 Å². The lowest BCUT2D eigenvalue weighted by atomic mass is 10.0. The number of ether oxygens (including phenoxy) is 1. The normalized spacial score (nSPS) is 27.8. The summed E-state index contributed by atoms with van der Waals surface area (Å²) in [7, 11) is 0. The molecular formula is C18H25N3O3. The first kappa shape index (κ1) is 16.9. The van der Waals surface area contributed by atoms with E-state index in [0.29, 0.717) is 26.1 Å². The number of nitrogens with one attached hydrogen (secondary N) is 2. The van der Waals surface area contributed by atoms with Crippen molar-refractivity contribution in [1.82, 2.24) is 10.6 Å². The minimum Gasteiger partial charge on any atom is -0.375 e. The maximum Gasteiger partial charge on any atom is 0.249 e. The van der Waals surface area contributed by atoms with Crippen LogP contribution in [0.15, 0.2) is 24.3 Å². The Hall–Kier alpha value is -1.92. The van der Waals surface area contributed by atoms with Crippen LogP contribution in [0.25, 0.3) is 0 Å². The van der Waals surface area contributed by atoms with E-state index < -0.39 is 12.1 Å². The van der Waals surface area contributed by atoms with Crippen molar-refractivity contribution in [3.05, 3.63) is 29.8 Å². The fraction of sp³-hybridized carbons (Fsp3) is 0.556. The van der Waals surface area contributed by atoms with Crippen molar-refractivity contribution < 1.29 is 14.3 Å². The van der Waals surface area contributed by atoms with E-state index in [1.165, 1.54) is 0 Å². The quantitative estimate of drug-likeness (QED) is 0.866. The average Bonchev–Trinajstić information content (AvgIpc) is 2.58. The van der Waals surface area contributed by atoms with E-state index >= 15 is 0 Å². The second kappa shape index (κ2) is 7.32. The number of piperidine rings is 1. The van der Waals surface area contributed by atoms with Gasteiger partial charge in [-0.25, -0.2) is 0 Å². The molecular weight excluding hydrogens is 306 g/mol. The van der Waals surface area contributed by atoms with Crippen LogP contribution in [0.3, 0.4) is 0 Å². The zero-order valence-corrected chi connectivity index (χ0v) is 14.2. The summed E-state index contributed by atoms with van der Waals surface area (Å²) in [6.07, 6.45) is 1.36. The van der Waals surface area contributed by atoms with Gasteiger partial charge in [0.1, 0.15) is 12.1 Å². The number of morpholine rings is 1. The highest BCUT2D eigenvalue weighted by Crippen LogP contribution is 2.21. The van der Waals surface area contributed by atoms with E-state index in [0.717, 1.165) is 17.7 Å². The van der Waals surface area contributed by atoms with Crippen molar-refractivity contribution >= 4 is 17.5 Å². The molecule has 6 nitrogen and oxygen atoms in total. The molecule has 0 spiro atoms. The molecule has 1 aromatic carbocycles. The molecule has 2 fully saturated rings. The zero-order chi connectivity index (χ0) is 17.1. The van der Waals surface area contributed by atoms with Crippen molar-refractivity contribution in [2.24, 2.45) is 0 Å². The van der Waals surface area contributed by atoms with Gasteiger partial charge in [-0.05, 0) is 38.8 Å².